The molecule has 0 bridgehead atoms. The van der Waals surface area contributed by atoms with Crippen molar-refractivity contribution in [1.82, 2.24) is 0 Å². The molecule has 1 heterocycles. The average Bonchev–Trinajstić information content (AvgIpc) is 2.86. The van der Waals surface area contributed by atoms with Crippen molar-refractivity contribution >= 4 is 18.1 Å². The lowest BCUT2D eigenvalue weighted by Crippen LogP contribution is -2.23. The second kappa shape index (κ2) is 5.40. The molecule has 2 aromatic carbocycles. The highest BCUT2D eigenvalue weighted by molar-refractivity contribution is 6.67. The largest absolute Gasteiger partial charge is 0.489 e. The van der Waals surface area contributed by atoms with Gasteiger partial charge in [-0.15, -0.1) is 0 Å². The van der Waals surface area contributed by atoms with Crippen LogP contribution in [-0.2, 0) is 17.9 Å². The van der Waals surface area contributed by atoms with Gasteiger partial charge >= 0.3 is 6.92 Å². The third-order valence-corrected chi connectivity index (χ3v) is 3.49. The summed E-state index contributed by atoms with van der Waals surface area (Å²) in [5.41, 5.74) is 4.09. The van der Waals surface area contributed by atoms with E-state index in [9.17, 15) is 0 Å². The van der Waals surface area contributed by atoms with Gasteiger partial charge in [-0.1, -0.05) is 31.1 Å². The van der Waals surface area contributed by atoms with Crippen molar-refractivity contribution < 1.29 is 9.39 Å². The minimum Gasteiger partial charge on any atom is -0.489 e. The Morgan fingerprint density at radius 2 is 2.20 bits per heavy atom. The van der Waals surface area contributed by atoms with E-state index in [-0.39, 0.29) is 6.92 Å². The number of hydrogen-bond donors (Lipinski definition) is 0. The number of nitrogens with zero attached hydrogens (tertiary/aromatic N) is 1. The van der Waals surface area contributed by atoms with Crippen LogP contribution in [0.3, 0.4) is 0 Å². The van der Waals surface area contributed by atoms with E-state index < -0.39 is 0 Å². The number of rotatable bonds is 3. The molecule has 0 amide bonds. The van der Waals surface area contributed by atoms with Crippen molar-refractivity contribution in [2.45, 2.75) is 20.0 Å². The minimum atomic E-state index is 0.175. The van der Waals surface area contributed by atoms with E-state index >= 15 is 0 Å². The topological polar surface area (TPSA) is 22.8 Å². The van der Waals surface area contributed by atoms with Gasteiger partial charge in [0.15, 0.2) is 5.69 Å². The van der Waals surface area contributed by atoms with E-state index in [4.69, 9.17) is 16.0 Å². The Kier molecular flexibility index (Phi) is 3.45. The SMILES string of the molecule is [C-]#[N+]c1cccc(COc2ccc3c(c2)COB3C)c1. The quantitative estimate of drug-likeness (QED) is 0.627. The van der Waals surface area contributed by atoms with Gasteiger partial charge in [0, 0.05) is 0 Å². The minimum absolute atomic E-state index is 0.175. The second-order valence-electron chi connectivity index (χ2n) is 4.88. The molecule has 3 rings (SSSR count). The second-order valence-corrected chi connectivity index (χ2v) is 4.88. The van der Waals surface area contributed by atoms with Crippen molar-refractivity contribution in [3.05, 3.63) is 65.0 Å². The molecule has 0 radical (unpaired) electrons. The van der Waals surface area contributed by atoms with Crippen molar-refractivity contribution in [2.24, 2.45) is 0 Å². The van der Waals surface area contributed by atoms with Gasteiger partial charge in [0.25, 0.3) is 0 Å². The molecule has 3 nitrogen and oxygen atoms in total. The lowest BCUT2D eigenvalue weighted by atomic mass is 9.64. The maximum absolute atomic E-state index is 7.01. The Labute approximate surface area is 119 Å². The maximum atomic E-state index is 7.01. The van der Waals surface area contributed by atoms with Crippen LogP contribution in [0.25, 0.3) is 4.85 Å². The highest BCUT2D eigenvalue weighted by Gasteiger charge is 2.23. The monoisotopic (exact) mass is 263 g/mol. The first kappa shape index (κ1) is 12.8. The van der Waals surface area contributed by atoms with Crippen LogP contribution in [0.1, 0.15) is 11.1 Å². The highest BCUT2D eigenvalue weighted by Crippen LogP contribution is 2.20. The fourth-order valence-electron chi connectivity index (χ4n) is 2.38. The van der Waals surface area contributed by atoms with Gasteiger partial charge in [-0.3, -0.25) is 0 Å². The first-order valence-corrected chi connectivity index (χ1v) is 6.60. The molecule has 0 unspecified atom stereocenters. The molecule has 2 aromatic rings. The molecule has 0 spiro atoms. The van der Waals surface area contributed by atoms with Gasteiger partial charge in [0.1, 0.15) is 12.4 Å². The van der Waals surface area contributed by atoms with Crippen LogP contribution >= 0.6 is 0 Å². The van der Waals surface area contributed by atoms with Crippen molar-refractivity contribution in [3.8, 4) is 5.75 Å². The van der Waals surface area contributed by atoms with Gasteiger partial charge in [-0.25, -0.2) is 4.85 Å². The Hall–Kier alpha value is -2.25. The Morgan fingerprint density at radius 1 is 1.30 bits per heavy atom. The van der Waals surface area contributed by atoms with E-state index in [1.165, 1.54) is 11.0 Å². The highest BCUT2D eigenvalue weighted by atomic mass is 16.5. The third-order valence-electron chi connectivity index (χ3n) is 3.49. The van der Waals surface area contributed by atoms with Crippen LogP contribution in [-0.4, -0.2) is 6.92 Å². The zero-order valence-corrected chi connectivity index (χ0v) is 11.3. The molecule has 0 N–H and O–H groups in total. The molecule has 0 saturated heterocycles. The molecular weight excluding hydrogens is 249 g/mol. The van der Waals surface area contributed by atoms with Gasteiger partial charge in [0.2, 0.25) is 0 Å². The molecule has 0 aliphatic carbocycles. The molecule has 20 heavy (non-hydrogen) atoms. The molecular formula is C16H14BNO2. The van der Waals surface area contributed by atoms with E-state index in [0.717, 1.165) is 11.3 Å². The van der Waals surface area contributed by atoms with Gasteiger partial charge in [-0.2, -0.15) is 0 Å². The van der Waals surface area contributed by atoms with Gasteiger partial charge in [0.05, 0.1) is 13.2 Å². The summed E-state index contributed by atoms with van der Waals surface area (Å²) in [6.07, 6.45) is 0. The summed E-state index contributed by atoms with van der Waals surface area (Å²) in [6.45, 7) is 10.4. The summed E-state index contributed by atoms with van der Waals surface area (Å²) < 4.78 is 11.4. The predicted molar refractivity (Wildman–Crippen MR) is 79.5 cm³/mol. The molecule has 0 aromatic heterocycles. The molecule has 4 heteroatoms. The van der Waals surface area contributed by atoms with Crippen LogP contribution < -0.4 is 10.2 Å². The van der Waals surface area contributed by atoms with Crippen LogP contribution in [0.15, 0.2) is 42.5 Å². The average molecular weight is 263 g/mol. The molecule has 1 aliphatic rings. The fraction of sp³-hybridized carbons (Fsp3) is 0.188. The predicted octanol–water partition coefficient (Wildman–Crippen LogP) is 3.17. The summed E-state index contributed by atoms with van der Waals surface area (Å²) >= 11 is 0. The van der Waals surface area contributed by atoms with Gasteiger partial charge < -0.3 is 9.39 Å². The summed E-state index contributed by atoms with van der Waals surface area (Å²) in [5.74, 6) is 0.842. The third kappa shape index (κ3) is 2.54. The van der Waals surface area contributed by atoms with Crippen LogP contribution in [0.5, 0.6) is 5.75 Å². The van der Waals surface area contributed by atoms with E-state index in [0.29, 0.717) is 18.9 Å². The lowest BCUT2D eigenvalue weighted by Gasteiger charge is -2.08. The number of fused-ring (bicyclic) bond motifs is 1. The smallest absolute Gasteiger partial charge is 0.324 e. The molecule has 1 aliphatic heterocycles. The Bertz CT molecular complexity index is 678. The summed E-state index contributed by atoms with van der Waals surface area (Å²) in [7, 11) is 0. The normalized spacial score (nSPS) is 12.9. The molecule has 0 fully saturated rings. The van der Waals surface area contributed by atoms with Crippen LogP contribution in [0.4, 0.5) is 5.69 Å². The zero-order valence-electron chi connectivity index (χ0n) is 11.3. The van der Waals surface area contributed by atoms with Gasteiger partial charge in [-0.05, 0) is 34.8 Å². The van der Waals surface area contributed by atoms with E-state index in [1.54, 1.807) is 6.07 Å². The van der Waals surface area contributed by atoms with Crippen LogP contribution in [0.2, 0.25) is 6.82 Å². The van der Waals surface area contributed by atoms with Crippen LogP contribution in [0, 0.1) is 6.57 Å². The molecule has 0 atom stereocenters. The number of ether oxygens (including phenoxy) is 1. The summed E-state index contributed by atoms with van der Waals surface area (Å²) in [5, 5.41) is 0. The Balaban J connectivity index is 1.71. The molecule has 0 saturated carbocycles. The first-order chi connectivity index (χ1) is 9.76. The summed E-state index contributed by atoms with van der Waals surface area (Å²) in [4.78, 5) is 3.42. The summed E-state index contributed by atoms with van der Waals surface area (Å²) in [6, 6.07) is 13.6. The van der Waals surface area contributed by atoms with Crippen molar-refractivity contribution in [2.75, 3.05) is 0 Å². The van der Waals surface area contributed by atoms with Crippen molar-refractivity contribution in [1.29, 1.82) is 0 Å². The zero-order chi connectivity index (χ0) is 13.9. The maximum Gasteiger partial charge on any atom is 0.324 e. The standard InChI is InChI=1S/C16H14BNO2/c1-17-16-7-6-15(9-13(16)11-20-17)19-10-12-4-3-5-14(8-12)18-2/h3-9H,10-11H2,1H3. The molecule has 98 valence electrons. The first-order valence-electron chi connectivity index (χ1n) is 6.60. The van der Waals surface area contributed by atoms with Crippen molar-refractivity contribution in [3.63, 3.8) is 0 Å². The number of hydrogen-bond acceptors (Lipinski definition) is 2. The van der Waals surface area contributed by atoms with E-state index in [2.05, 4.69) is 17.7 Å². The van der Waals surface area contributed by atoms with E-state index in [1.807, 2.05) is 30.3 Å². The number of benzene rings is 2. The fourth-order valence-corrected chi connectivity index (χ4v) is 2.38. The Morgan fingerprint density at radius 3 is 3.05 bits per heavy atom. The lowest BCUT2D eigenvalue weighted by molar-refractivity contribution is 0.303.